The molecular weight excluding hydrogens is 351 g/mol. The van der Waals surface area contributed by atoms with E-state index in [0.29, 0.717) is 13.1 Å². The first kappa shape index (κ1) is 19.3. The minimum Gasteiger partial charge on any atom is -0.449 e. The number of hydrogen-bond acceptors (Lipinski definition) is 5. The Balaban J connectivity index is 2.20. The van der Waals surface area contributed by atoms with E-state index in [0.717, 1.165) is 35.3 Å². The summed E-state index contributed by atoms with van der Waals surface area (Å²) in [5, 5.41) is 0. The number of benzene rings is 1. The molecule has 0 N–H and O–H groups in total. The standard InChI is InChI=1S/C16H21FN2O5S/c1-11(15(20)19-8-4-5-9-19)24-16(21)13-10-12(6-7-14(13)17)25(22,23)18(2)3/h6-7,10-11H,4-5,8-9H2,1-3H3/t11-/m0/s1. The van der Waals surface area contributed by atoms with E-state index in [1.54, 1.807) is 4.90 Å². The number of hydrogen-bond donors (Lipinski definition) is 0. The first-order chi connectivity index (χ1) is 11.6. The molecule has 1 aliphatic heterocycles. The van der Waals surface area contributed by atoms with Crippen LogP contribution in [0.5, 0.6) is 0 Å². The number of amides is 1. The molecule has 1 aromatic rings. The van der Waals surface area contributed by atoms with Crippen LogP contribution < -0.4 is 0 Å². The van der Waals surface area contributed by atoms with Gasteiger partial charge in [-0.1, -0.05) is 0 Å². The molecule has 1 heterocycles. The zero-order valence-corrected chi connectivity index (χ0v) is 15.2. The average Bonchev–Trinajstić information content (AvgIpc) is 3.08. The SMILES string of the molecule is C[C@H](OC(=O)c1cc(S(=O)(=O)N(C)C)ccc1F)C(=O)N1CCCC1. The number of halogens is 1. The predicted molar refractivity (Wildman–Crippen MR) is 88.0 cm³/mol. The number of carbonyl (C=O) groups excluding carboxylic acids is 2. The van der Waals surface area contributed by atoms with E-state index in [1.807, 2.05) is 0 Å². The number of rotatable bonds is 5. The second-order valence-corrected chi connectivity index (χ2v) is 8.16. The van der Waals surface area contributed by atoms with Gasteiger partial charge in [0, 0.05) is 27.2 Å². The van der Waals surface area contributed by atoms with Crippen molar-refractivity contribution in [3.63, 3.8) is 0 Å². The highest BCUT2D eigenvalue weighted by molar-refractivity contribution is 7.89. The van der Waals surface area contributed by atoms with E-state index in [9.17, 15) is 22.4 Å². The third-order valence-corrected chi connectivity index (χ3v) is 5.80. The maximum atomic E-state index is 14.0. The number of esters is 1. The van der Waals surface area contributed by atoms with Gasteiger partial charge in [-0.3, -0.25) is 4.79 Å². The molecule has 2 rings (SSSR count). The molecule has 0 saturated carbocycles. The van der Waals surface area contributed by atoms with Crippen molar-refractivity contribution in [1.82, 2.24) is 9.21 Å². The molecule has 0 spiro atoms. The van der Waals surface area contributed by atoms with E-state index in [4.69, 9.17) is 4.74 Å². The quantitative estimate of drug-likeness (QED) is 0.726. The molecular formula is C16H21FN2O5S. The van der Waals surface area contributed by atoms with Crippen LogP contribution >= 0.6 is 0 Å². The molecule has 0 aliphatic carbocycles. The number of sulfonamides is 1. The maximum Gasteiger partial charge on any atom is 0.341 e. The molecule has 7 nitrogen and oxygen atoms in total. The number of nitrogens with zero attached hydrogens (tertiary/aromatic N) is 2. The minimum atomic E-state index is -3.82. The smallest absolute Gasteiger partial charge is 0.341 e. The monoisotopic (exact) mass is 372 g/mol. The summed E-state index contributed by atoms with van der Waals surface area (Å²) >= 11 is 0. The summed E-state index contributed by atoms with van der Waals surface area (Å²) in [6.07, 6.45) is 0.718. The van der Waals surface area contributed by atoms with Crippen molar-refractivity contribution >= 4 is 21.9 Å². The molecule has 1 saturated heterocycles. The first-order valence-corrected chi connectivity index (χ1v) is 9.30. The van der Waals surface area contributed by atoms with Crippen molar-refractivity contribution in [2.24, 2.45) is 0 Å². The van der Waals surface area contributed by atoms with E-state index < -0.39 is 33.5 Å². The lowest BCUT2D eigenvalue weighted by Crippen LogP contribution is -2.38. The summed E-state index contributed by atoms with van der Waals surface area (Å²) in [6.45, 7) is 2.62. The van der Waals surface area contributed by atoms with Crippen molar-refractivity contribution in [3.8, 4) is 0 Å². The summed E-state index contributed by atoms with van der Waals surface area (Å²) in [5.74, 6) is -2.33. The molecule has 0 unspecified atom stereocenters. The number of ether oxygens (including phenoxy) is 1. The summed E-state index contributed by atoms with van der Waals surface area (Å²) in [5.41, 5.74) is -0.524. The van der Waals surface area contributed by atoms with Crippen LogP contribution in [0.3, 0.4) is 0 Å². The third-order valence-electron chi connectivity index (χ3n) is 3.99. The van der Waals surface area contributed by atoms with Gasteiger partial charge in [0.25, 0.3) is 5.91 Å². The molecule has 138 valence electrons. The van der Waals surface area contributed by atoms with Crippen LogP contribution in [-0.4, -0.2) is 62.8 Å². The van der Waals surface area contributed by atoms with Gasteiger partial charge in [0.05, 0.1) is 10.5 Å². The fourth-order valence-electron chi connectivity index (χ4n) is 2.50. The van der Waals surface area contributed by atoms with E-state index in [1.165, 1.54) is 21.0 Å². The van der Waals surface area contributed by atoms with E-state index in [-0.39, 0.29) is 10.8 Å². The highest BCUT2D eigenvalue weighted by atomic mass is 32.2. The van der Waals surface area contributed by atoms with Crippen molar-refractivity contribution in [1.29, 1.82) is 0 Å². The van der Waals surface area contributed by atoms with Crippen LogP contribution in [0.15, 0.2) is 23.1 Å². The van der Waals surface area contributed by atoms with Crippen molar-refractivity contribution in [2.45, 2.75) is 30.8 Å². The van der Waals surface area contributed by atoms with Gasteiger partial charge in [-0.2, -0.15) is 0 Å². The lowest BCUT2D eigenvalue weighted by Gasteiger charge is -2.20. The van der Waals surface area contributed by atoms with Gasteiger partial charge in [0.15, 0.2) is 6.10 Å². The van der Waals surface area contributed by atoms with Gasteiger partial charge in [-0.25, -0.2) is 21.9 Å². The number of carbonyl (C=O) groups is 2. The van der Waals surface area contributed by atoms with Crippen LogP contribution in [0.1, 0.15) is 30.1 Å². The molecule has 0 aromatic heterocycles. The van der Waals surface area contributed by atoms with Crippen LogP contribution in [0.25, 0.3) is 0 Å². The number of likely N-dealkylation sites (tertiary alicyclic amines) is 1. The molecule has 1 fully saturated rings. The fraction of sp³-hybridized carbons (Fsp3) is 0.500. The van der Waals surface area contributed by atoms with Gasteiger partial charge >= 0.3 is 5.97 Å². The highest BCUT2D eigenvalue weighted by Gasteiger charge is 2.28. The van der Waals surface area contributed by atoms with Gasteiger partial charge in [-0.05, 0) is 38.0 Å². The van der Waals surface area contributed by atoms with Gasteiger partial charge < -0.3 is 9.64 Å². The molecule has 0 bridgehead atoms. The predicted octanol–water partition coefficient (Wildman–Crippen LogP) is 1.24. The fourth-order valence-corrected chi connectivity index (χ4v) is 3.43. The second kappa shape index (κ2) is 7.49. The van der Waals surface area contributed by atoms with Gasteiger partial charge in [0.1, 0.15) is 5.82 Å². The lowest BCUT2D eigenvalue weighted by molar-refractivity contribution is -0.138. The highest BCUT2D eigenvalue weighted by Crippen LogP contribution is 2.19. The first-order valence-electron chi connectivity index (χ1n) is 7.86. The van der Waals surface area contributed by atoms with Crippen molar-refractivity contribution in [2.75, 3.05) is 27.2 Å². The molecule has 1 aromatic carbocycles. The van der Waals surface area contributed by atoms with Crippen LogP contribution in [0, 0.1) is 5.82 Å². The Hall–Kier alpha value is -2.00. The Morgan fingerprint density at radius 1 is 1.24 bits per heavy atom. The summed E-state index contributed by atoms with van der Waals surface area (Å²) in [4.78, 5) is 25.7. The van der Waals surface area contributed by atoms with Crippen LogP contribution in [0.4, 0.5) is 4.39 Å². The van der Waals surface area contributed by atoms with E-state index in [2.05, 4.69) is 0 Å². The third kappa shape index (κ3) is 4.16. The summed E-state index contributed by atoms with van der Waals surface area (Å²) in [7, 11) is -1.17. The molecule has 0 radical (unpaired) electrons. The Bertz CT molecular complexity index is 773. The second-order valence-electron chi connectivity index (χ2n) is 6.01. The van der Waals surface area contributed by atoms with E-state index >= 15 is 0 Å². The molecule has 1 amide bonds. The van der Waals surface area contributed by atoms with Crippen molar-refractivity contribution < 1.29 is 27.1 Å². The summed E-state index contributed by atoms with van der Waals surface area (Å²) in [6, 6.07) is 2.88. The van der Waals surface area contributed by atoms with Gasteiger partial charge in [-0.15, -0.1) is 0 Å². The molecule has 25 heavy (non-hydrogen) atoms. The molecule has 9 heteroatoms. The zero-order chi connectivity index (χ0) is 18.8. The lowest BCUT2D eigenvalue weighted by atomic mass is 10.2. The largest absolute Gasteiger partial charge is 0.449 e. The van der Waals surface area contributed by atoms with Crippen molar-refractivity contribution in [3.05, 3.63) is 29.6 Å². The van der Waals surface area contributed by atoms with Crippen LogP contribution in [-0.2, 0) is 19.6 Å². The average molecular weight is 372 g/mol. The Labute approximate surface area is 146 Å². The minimum absolute atomic E-state index is 0.232. The maximum absolute atomic E-state index is 14.0. The topological polar surface area (TPSA) is 84.0 Å². The zero-order valence-electron chi connectivity index (χ0n) is 14.4. The summed E-state index contributed by atoms with van der Waals surface area (Å²) < 4.78 is 44.2. The normalized spacial score (nSPS) is 16.1. The Morgan fingerprint density at radius 3 is 2.40 bits per heavy atom. The Morgan fingerprint density at radius 2 is 1.84 bits per heavy atom. The Kier molecular flexibility index (Phi) is 5.79. The molecule has 1 atom stereocenters. The van der Waals surface area contributed by atoms with Gasteiger partial charge in [0.2, 0.25) is 10.0 Å². The van der Waals surface area contributed by atoms with Crippen LogP contribution in [0.2, 0.25) is 0 Å². The molecule has 1 aliphatic rings.